The fourth-order valence-electron chi connectivity index (χ4n) is 2.64. The van der Waals surface area contributed by atoms with Gasteiger partial charge in [0.1, 0.15) is 0 Å². The van der Waals surface area contributed by atoms with Crippen LogP contribution in [-0.2, 0) is 0 Å². The van der Waals surface area contributed by atoms with Gasteiger partial charge in [-0.3, -0.25) is 0 Å². The van der Waals surface area contributed by atoms with Gasteiger partial charge < -0.3 is 5.32 Å². The van der Waals surface area contributed by atoms with E-state index in [0.717, 1.165) is 26.5 Å². The maximum absolute atomic E-state index is 4.87. The molecule has 0 aliphatic heterocycles. The zero-order valence-corrected chi connectivity index (χ0v) is 15.7. The van der Waals surface area contributed by atoms with Crippen LogP contribution in [0.1, 0.15) is 0 Å². The first-order valence-corrected chi connectivity index (χ1v) is 9.55. The summed E-state index contributed by atoms with van der Waals surface area (Å²) in [5.74, 6) is 0. The average Bonchev–Trinajstić information content (AvgIpc) is 3.07. The number of hydrogen-bond acceptors (Lipinski definition) is 3. The molecule has 0 atom stereocenters. The number of thiazole rings is 1. The second kappa shape index (κ2) is 7.21. The van der Waals surface area contributed by atoms with Crippen molar-refractivity contribution in [2.24, 2.45) is 0 Å². The van der Waals surface area contributed by atoms with E-state index in [9.17, 15) is 0 Å². The van der Waals surface area contributed by atoms with E-state index < -0.39 is 0 Å². The minimum atomic E-state index is 0.885. The Balaban J connectivity index is 1.78. The molecule has 0 fully saturated rings. The van der Waals surface area contributed by atoms with Gasteiger partial charge in [-0.05, 0) is 23.8 Å². The third-order valence-electron chi connectivity index (χ3n) is 3.79. The Morgan fingerprint density at radius 1 is 0.760 bits per heavy atom. The van der Waals surface area contributed by atoms with Crippen molar-refractivity contribution in [3.05, 3.63) is 89.4 Å². The van der Waals surface area contributed by atoms with Crippen LogP contribution in [0.15, 0.2) is 89.4 Å². The van der Waals surface area contributed by atoms with E-state index in [0.29, 0.717) is 0 Å². The summed E-state index contributed by atoms with van der Waals surface area (Å²) >= 11 is 5.18. The lowest BCUT2D eigenvalue weighted by Crippen LogP contribution is -1.89. The molecule has 122 valence electrons. The van der Waals surface area contributed by atoms with E-state index in [1.807, 2.05) is 48.5 Å². The molecule has 0 aliphatic carbocycles. The summed E-state index contributed by atoms with van der Waals surface area (Å²) in [6.07, 6.45) is 0. The van der Waals surface area contributed by atoms with Crippen molar-refractivity contribution < 1.29 is 0 Å². The van der Waals surface area contributed by atoms with Gasteiger partial charge in [0, 0.05) is 15.7 Å². The van der Waals surface area contributed by atoms with Crippen LogP contribution in [0.4, 0.5) is 10.8 Å². The van der Waals surface area contributed by atoms with Crippen LogP contribution in [0.25, 0.3) is 21.7 Å². The van der Waals surface area contributed by atoms with Gasteiger partial charge in [-0.25, -0.2) is 4.98 Å². The summed E-state index contributed by atoms with van der Waals surface area (Å²) in [5, 5.41) is 4.31. The maximum Gasteiger partial charge on any atom is 0.188 e. The highest BCUT2D eigenvalue weighted by Crippen LogP contribution is 2.39. The number of halogens is 1. The van der Waals surface area contributed by atoms with Gasteiger partial charge in [0.15, 0.2) is 5.13 Å². The van der Waals surface area contributed by atoms with Gasteiger partial charge >= 0.3 is 0 Å². The number of rotatable bonds is 4. The van der Waals surface area contributed by atoms with Crippen molar-refractivity contribution in [3.63, 3.8) is 0 Å². The lowest BCUT2D eigenvalue weighted by molar-refractivity contribution is 1.38. The standard InChI is InChI=1S/C21H15BrN2S/c22-17-12-7-13-18(14-17)23-21-24-19(15-8-3-1-4-9-15)20(25-21)16-10-5-2-6-11-16/h1-14H,(H,23,24). The van der Waals surface area contributed by atoms with Gasteiger partial charge in [-0.15, -0.1) is 0 Å². The van der Waals surface area contributed by atoms with Crippen LogP contribution < -0.4 is 5.32 Å². The Labute approximate surface area is 159 Å². The summed E-state index contributed by atoms with van der Waals surface area (Å²) in [6.45, 7) is 0. The summed E-state index contributed by atoms with van der Waals surface area (Å²) in [5.41, 5.74) is 4.33. The largest absolute Gasteiger partial charge is 0.331 e. The predicted molar refractivity (Wildman–Crippen MR) is 110 cm³/mol. The van der Waals surface area contributed by atoms with Crippen molar-refractivity contribution in [3.8, 4) is 21.7 Å². The molecule has 0 unspecified atom stereocenters. The maximum atomic E-state index is 4.87. The van der Waals surface area contributed by atoms with Gasteiger partial charge in [-0.2, -0.15) is 0 Å². The summed E-state index contributed by atoms with van der Waals surface area (Å²) in [4.78, 5) is 6.04. The molecule has 0 saturated heterocycles. The van der Waals surface area contributed by atoms with Crippen LogP contribution in [0.2, 0.25) is 0 Å². The molecular formula is C21H15BrN2S. The number of benzene rings is 3. The third kappa shape index (κ3) is 3.65. The predicted octanol–water partition coefficient (Wildman–Crippen LogP) is 6.98. The molecule has 4 aromatic rings. The zero-order chi connectivity index (χ0) is 17.1. The molecule has 0 saturated carbocycles. The normalized spacial score (nSPS) is 10.6. The highest BCUT2D eigenvalue weighted by molar-refractivity contribution is 9.10. The summed E-state index contributed by atoms with van der Waals surface area (Å²) in [7, 11) is 0. The highest BCUT2D eigenvalue weighted by Gasteiger charge is 2.14. The molecule has 1 heterocycles. The Morgan fingerprint density at radius 2 is 1.44 bits per heavy atom. The van der Waals surface area contributed by atoms with Gasteiger partial charge in [0.2, 0.25) is 0 Å². The number of nitrogens with one attached hydrogen (secondary N) is 1. The molecule has 1 N–H and O–H groups in total. The molecule has 4 heteroatoms. The van der Waals surface area contributed by atoms with Crippen molar-refractivity contribution >= 4 is 38.1 Å². The number of aromatic nitrogens is 1. The summed E-state index contributed by atoms with van der Waals surface area (Å²) < 4.78 is 1.04. The van der Waals surface area contributed by atoms with Crippen molar-refractivity contribution in [2.75, 3.05) is 5.32 Å². The van der Waals surface area contributed by atoms with Crippen molar-refractivity contribution in [1.29, 1.82) is 0 Å². The van der Waals surface area contributed by atoms with Crippen LogP contribution in [-0.4, -0.2) is 4.98 Å². The van der Waals surface area contributed by atoms with E-state index in [-0.39, 0.29) is 0 Å². The molecule has 4 rings (SSSR count). The quantitative estimate of drug-likeness (QED) is 0.395. The Morgan fingerprint density at radius 3 is 2.12 bits per heavy atom. The monoisotopic (exact) mass is 406 g/mol. The van der Waals surface area contributed by atoms with E-state index in [1.54, 1.807) is 11.3 Å². The lowest BCUT2D eigenvalue weighted by atomic mass is 10.1. The zero-order valence-electron chi connectivity index (χ0n) is 13.3. The van der Waals surface area contributed by atoms with Crippen LogP contribution in [0.5, 0.6) is 0 Å². The van der Waals surface area contributed by atoms with E-state index in [2.05, 4.69) is 57.6 Å². The molecule has 0 spiro atoms. The molecule has 0 amide bonds. The minimum absolute atomic E-state index is 0.885. The molecule has 2 nitrogen and oxygen atoms in total. The SMILES string of the molecule is Brc1cccc(Nc2nc(-c3ccccc3)c(-c3ccccc3)s2)c1. The second-order valence-electron chi connectivity index (χ2n) is 5.56. The van der Waals surface area contributed by atoms with E-state index in [4.69, 9.17) is 4.98 Å². The topological polar surface area (TPSA) is 24.9 Å². The first kappa shape index (κ1) is 16.1. The molecular weight excluding hydrogens is 392 g/mol. The van der Waals surface area contributed by atoms with E-state index >= 15 is 0 Å². The second-order valence-corrected chi connectivity index (χ2v) is 7.48. The molecule has 0 radical (unpaired) electrons. The van der Waals surface area contributed by atoms with Gasteiger partial charge in [0.25, 0.3) is 0 Å². The smallest absolute Gasteiger partial charge is 0.188 e. The van der Waals surface area contributed by atoms with Crippen molar-refractivity contribution in [2.45, 2.75) is 0 Å². The average molecular weight is 407 g/mol. The summed E-state index contributed by atoms with van der Waals surface area (Å²) in [6, 6.07) is 28.8. The third-order valence-corrected chi connectivity index (χ3v) is 5.30. The fraction of sp³-hybridized carbons (Fsp3) is 0. The molecule has 0 aliphatic rings. The van der Waals surface area contributed by atoms with Crippen LogP contribution in [0, 0.1) is 0 Å². The Bertz CT molecular complexity index is 924. The number of nitrogens with zero attached hydrogens (tertiary/aromatic N) is 1. The molecule has 3 aromatic carbocycles. The van der Waals surface area contributed by atoms with E-state index in [1.165, 1.54) is 10.4 Å². The van der Waals surface area contributed by atoms with Gasteiger partial charge in [0.05, 0.1) is 10.6 Å². The van der Waals surface area contributed by atoms with Gasteiger partial charge in [-0.1, -0.05) is 94.0 Å². The lowest BCUT2D eigenvalue weighted by Gasteiger charge is -2.02. The number of hydrogen-bond donors (Lipinski definition) is 1. The molecule has 0 bridgehead atoms. The Kier molecular flexibility index (Phi) is 4.63. The van der Waals surface area contributed by atoms with Crippen LogP contribution in [0.3, 0.4) is 0 Å². The molecule has 1 aromatic heterocycles. The first-order valence-electron chi connectivity index (χ1n) is 7.94. The highest BCUT2D eigenvalue weighted by atomic mass is 79.9. The fourth-order valence-corrected chi connectivity index (χ4v) is 4.05. The minimum Gasteiger partial charge on any atom is -0.331 e. The number of anilines is 2. The Hall–Kier alpha value is -2.43. The van der Waals surface area contributed by atoms with Crippen LogP contribution >= 0.6 is 27.3 Å². The molecule has 25 heavy (non-hydrogen) atoms. The first-order chi connectivity index (χ1) is 12.3. The van der Waals surface area contributed by atoms with Crippen molar-refractivity contribution in [1.82, 2.24) is 4.98 Å².